The molecule has 0 aliphatic carbocycles. The van der Waals surface area contributed by atoms with Crippen molar-refractivity contribution in [1.29, 1.82) is 0 Å². The first-order valence-corrected chi connectivity index (χ1v) is 6.91. The summed E-state index contributed by atoms with van der Waals surface area (Å²) in [5, 5.41) is 7.92. The highest BCUT2D eigenvalue weighted by atomic mass is 35.5. The number of amides is 1. The Labute approximate surface area is 125 Å². The summed E-state index contributed by atoms with van der Waals surface area (Å²) in [6, 6.07) is 3.09. The maximum Gasteiger partial charge on any atom is 0.289 e. The van der Waals surface area contributed by atoms with E-state index in [9.17, 15) is 4.79 Å². The summed E-state index contributed by atoms with van der Waals surface area (Å²) in [5.74, 6) is 0.796. The molecule has 0 bridgehead atoms. The molecule has 3 rings (SSSR count). The van der Waals surface area contributed by atoms with Gasteiger partial charge in [-0.15, -0.1) is 10.2 Å². The van der Waals surface area contributed by atoms with Gasteiger partial charge in [0.1, 0.15) is 0 Å². The van der Waals surface area contributed by atoms with E-state index in [4.69, 9.17) is 25.2 Å². The van der Waals surface area contributed by atoms with Gasteiger partial charge in [-0.05, 0) is 30.7 Å². The number of nitrogens with zero attached hydrogens (tertiary/aromatic N) is 3. The van der Waals surface area contributed by atoms with Gasteiger partial charge in [0, 0.05) is 13.5 Å². The van der Waals surface area contributed by atoms with Crippen molar-refractivity contribution in [2.75, 3.05) is 13.1 Å². The van der Waals surface area contributed by atoms with E-state index in [1.54, 1.807) is 17.9 Å². The second-order valence-corrected chi connectivity index (χ2v) is 5.28. The maximum absolute atomic E-state index is 12.4. The average Bonchev–Trinajstić information content (AvgIpc) is 3.06. The molecule has 0 radical (unpaired) electrons. The van der Waals surface area contributed by atoms with Gasteiger partial charge in [-0.1, -0.05) is 0 Å². The van der Waals surface area contributed by atoms with Gasteiger partial charge >= 0.3 is 0 Å². The van der Waals surface area contributed by atoms with Crippen molar-refractivity contribution in [1.82, 2.24) is 15.1 Å². The van der Waals surface area contributed by atoms with Gasteiger partial charge in [0.25, 0.3) is 5.91 Å². The predicted molar refractivity (Wildman–Crippen MR) is 71.9 cm³/mol. The number of halogens is 1. The molecule has 2 aromatic heterocycles. The fourth-order valence-electron chi connectivity index (χ4n) is 2.28. The smallest absolute Gasteiger partial charge is 0.289 e. The molecule has 3 heterocycles. The molecule has 112 valence electrons. The zero-order valence-corrected chi connectivity index (χ0v) is 12.3. The van der Waals surface area contributed by atoms with Crippen LogP contribution in [0.25, 0.3) is 0 Å². The normalized spacial score (nSPS) is 22.5. The number of furan rings is 1. The zero-order valence-electron chi connectivity index (χ0n) is 11.6. The van der Waals surface area contributed by atoms with Crippen molar-refractivity contribution in [3.63, 3.8) is 0 Å². The van der Waals surface area contributed by atoms with Gasteiger partial charge in [-0.25, -0.2) is 0 Å². The van der Waals surface area contributed by atoms with Crippen molar-refractivity contribution in [2.45, 2.75) is 26.1 Å². The van der Waals surface area contributed by atoms with Gasteiger partial charge in [0.15, 0.2) is 17.1 Å². The molecule has 2 aromatic rings. The molecule has 0 saturated carbocycles. The summed E-state index contributed by atoms with van der Waals surface area (Å²) >= 11 is 5.70. The lowest BCUT2D eigenvalue weighted by molar-refractivity contribution is -0.0801. The molecular formula is C13H14ClN3O4. The molecule has 7 nitrogen and oxygen atoms in total. The second kappa shape index (κ2) is 5.50. The number of morpholine rings is 1. The van der Waals surface area contributed by atoms with E-state index < -0.39 is 6.10 Å². The first-order chi connectivity index (χ1) is 10.0. The largest absolute Gasteiger partial charge is 0.440 e. The summed E-state index contributed by atoms with van der Waals surface area (Å²) in [7, 11) is 0. The Bertz CT molecular complexity index is 653. The summed E-state index contributed by atoms with van der Waals surface area (Å²) in [4.78, 5) is 14.0. The predicted octanol–water partition coefficient (Wildman–Crippen LogP) is 2.23. The van der Waals surface area contributed by atoms with E-state index >= 15 is 0 Å². The molecule has 2 atom stereocenters. The minimum absolute atomic E-state index is 0.148. The molecule has 1 aliphatic rings. The first-order valence-electron chi connectivity index (χ1n) is 6.53. The van der Waals surface area contributed by atoms with Crippen LogP contribution in [0.2, 0.25) is 5.22 Å². The number of ether oxygens (including phenoxy) is 1. The molecule has 1 amide bonds. The highest BCUT2D eigenvalue weighted by Crippen LogP contribution is 2.26. The third-order valence-electron chi connectivity index (χ3n) is 3.15. The van der Waals surface area contributed by atoms with Crippen LogP contribution in [0.15, 0.2) is 21.0 Å². The molecule has 8 heteroatoms. The van der Waals surface area contributed by atoms with Crippen LogP contribution in [0.3, 0.4) is 0 Å². The molecule has 1 saturated heterocycles. The van der Waals surface area contributed by atoms with Crippen molar-refractivity contribution in [3.8, 4) is 0 Å². The topological polar surface area (TPSA) is 81.6 Å². The van der Waals surface area contributed by atoms with E-state index in [-0.39, 0.29) is 23.0 Å². The molecule has 0 N–H and O–H groups in total. The lowest BCUT2D eigenvalue weighted by Crippen LogP contribution is -2.46. The Hall–Kier alpha value is -1.86. The second-order valence-electron chi connectivity index (χ2n) is 4.91. The average molecular weight is 312 g/mol. The lowest BCUT2D eigenvalue weighted by atomic mass is 10.2. The van der Waals surface area contributed by atoms with Crippen molar-refractivity contribution in [2.24, 2.45) is 0 Å². The Kier molecular flexibility index (Phi) is 3.69. The number of rotatable bonds is 2. The highest BCUT2D eigenvalue weighted by molar-refractivity contribution is 6.29. The Morgan fingerprint density at radius 2 is 2.14 bits per heavy atom. The van der Waals surface area contributed by atoms with Gasteiger partial charge in [-0.2, -0.15) is 0 Å². The summed E-state index contributed by atoms with van der Waals surface area (Å²) in [6.45, 7) is 4.37. The zero-order chi connectivity index (χ0) is 15.0. The Morgan fingerprint density at radius 1 is 1.33 bits per heavy atom. The number of carbonyl (C=O) groups is 1. The third kappa shape index (κ3) is 2.93. The van der Waals surface area contributed by atoms with Gasteiger partial charge in [0.2, 0.25) is 11.8 Å². The van der Waals surface area contributed by atoms with Crippen LogP contribution in [-0.2, 0) is 4.74 Å². The monoisotopic (exact) mass is 311 g/mol. The van der Waals surface area contributed by atoms with E-state index in [0.29, 0.717) is 24.9 Å². The van der Waals surface area contributed by atoms with Gasteiger partial charge < -0.3 is 18.5 Å². The summed E-state index contributed by atoms with van der Waals surface area (Å²) in [6.07, 6.45) is -0.588. The van der Waals surface area contributed by atoms with Crippen LogP contribution >= 0.6 is 11.6 Å². The standard InChI is InChI=1S/C13H14ClN3O4/c1-7-5-17(13(18)9-3-4-11(14)21-9)6-10(19-7)12-16-15-8(2)20-12/h3-4,7,10H,5-6H2,1-2H3/t7-,10-/m1/s1. The molecule has 1 aliphatic heterocycles. The van der Waals surface area contributed by atoms with Crippen molar-refractivity contribution in [3.05, 3.63) is 34.9 Å². The highest BCUT2D eigenvalue weighted by Gasteiger charge is 2.33. The molecule has 0 unspecified atom stereocenters. The van der Waals surface area contributed by atoms with E-state index in [0.717, 1.165) is 0 Å². The summed E-state index contributed by atoms with van der Waals surface area (Å²) < 4.78 is 16.3. The van der Waals surface area contributed by atoms with Crippen LogP contribution < -0.4 is 0 Å². The number of carbonyl (C=O) groups excluding carboxylic acids is 1. The van der Waals surface area contributed by atoms with Gasteiger partial charge in [0.05, 0.1) is 12.6 Å². The van der Waals surface area contributed by atoms with E-state index in [1.165, 1.54) is 6.07 Å². The van der Waals surface area contributed by atoms with Gasteiger partial charge in [-0.3, -0.25) is 4.79 Å². The first kappa shape index (κ1) is 14.1. The third-order valence-corrected chi connectivity index (χ3v) is 3.35. The lowest BCUT2D eigenvalue weighted by Gasteiger charge is -2.34. The van der Waals surface area contributed by atoms with Crippen LogP contribution in [-0.4, -0.2) is 40.2 Å². The fraction of sp³-hybridized carbons (Fsp3) is 0.462. The maximum atomic E-state index is 12.4. The van der Waals surface area contributed by atoms with Crippen LogP contribution in [0, 0.1) is 6.92 Å². The number of hydrogen-bond acceptors (Lipinski definition) is 6. The minimum atomic E-state index is -0.440. The molecule has 0 spiro atoms. The molecule has 1 fully saturated rings. The van der Waals surface area contributed by atoms with Crippen LogP contribution in [0.1, 0.15) is 35.4 Å². The Balaban J connectivity index is 1.78. The number of hydrogen-bond donors (Lipinski definition) is 0. The quantitative estimate of drug-likeness (QED) is 0.846. The van der Waals surface area contributed by atoms with E-state index in [1.807, 2.05) is 6.92 Å². The molecule has 21 heavy (non-hydrogen) atoms. The SMILES string of the molecule is Cc1nnc([C@H]2CN(C(=O)c3ccc(Cl)o3)C[C@@H](C)O2)o1. The van der Waals surface area contributed by atoms with Crippen LogP contribution in [0.5, 0.6) is 0 Å². The number of aromatic nitrogens is 2. The summed E-state index contributed by atoms with van der Waals surface area (Å²) in [5.41, 5.74) is 0. The fourth-order valence-corrected chi connectivity index (χ4v) is 2.43. The molecule has 0 aromatic carbocycles. The molecular weight excluding hydrogens is 298 g/mol. The Morgan fingerprint density at radius 3 is 2.76 bits per heavy atom. The minimum Gasteiger partial charge on any atom is -0.440 e. The number of aryl methyl sites for hydroxylation is 1. The van der Waals surface area contributed by atoms with Crippen LogP contribution in [0.4, 0.5) is 0 Å². The van der Waals surface area contributed by atoms with Crippen molar-refractivity contribution >= 4 is 17.5 Å². The van der Waals surface area contributed by atoms with Crippen molar-refractivity contribution < 1.29 is 18.4 Å². The van der Waals surface area contributed by atoms with E-state index in [2.05, 4.69) is 10.2 Å².